The third kappa shape index (κ3) is 2.34. The SMILES string of the molecule is CC1Cc2cc(-c3ccc(CNC4CC4)o3)ccc2O1. The maximum Gasteiger partial charge on any atom is 0.134 e. The molecule has 1 aliphatic heterocycles. The number of hydrogen-bond acceptors (Lipinski definition) is 3. The van der Waals surface area contributed by atoms with Gasteiger partial charge in [-0.25, -0.2) is 0 Å². The maximum atomic E-state index is 5.93. The molecule has 104 valence electrons. The van der Waals surface area contributed by atoms with Gasteiger partial charge in [0.2, 0.25) is 0 Å². The van der Waals surface area contributed by atoms with Gasteiger partial charge in [0.15, 0.2) is 0 Å². The van der Waals surface area contributed by atoms with Crippen LogP contribution in [0.25, 0.3) is 11.3 Å². The zero-order chi connectivity index (χ0) is 13.5. The molecule has 2 heterocycles. The van der Waals surface area contributed by atoms with Crippen LogP contribution in [0.1, 0.15) is 31.1 Å². The van der Waals surface area contributed by atoms with Gasteiger partial charge in [-0.3, -0.25) is 0 Å². The van der Waals surface area contributed by atoms with E-state index in [1.807, 2.05) is 0 Å². The summed E-state index contributed by atoms with van der Waals surface area (Å²) in [5, 5.41) is 3.47. The molecule has 0 radical (unpaired) electrons. The van der Waals surface area contributed by atoms with Crippen molar-refractivity contribution in [3.63, 3.8) is 0 Å². The molecule has 1 aromatic carbocycles. The highest BCUT2D eigenvalue weighted by Crippen LogP contribution is 2.33. The van der Waals surface area contributed by atoms with Gasteiger partial charge >= 0.3 is 0 Å². The van der Waals surface area contributed by atoms with E-state index in [9.17, 15) is 0 Å². The zero-order valence-corrected chi connectivity index (χ0v) is 11.7. The summed E-state index contributed by atoms with van der Waals surface area (Å²) < 4.78 is 11.7. The first-order valence-electron chi connectivity index (χ1n) is 7.40. The summed E-state index contributed by atoms with van der Waals surface area (Å²) in [4.78, 5) is 0. The van der Waals surface area contributed by atoms with Crippen molar-refractivity contribution < 1.29 is 9.15 Å². The molecule has 1 aromatic heterocycles. The number of rotatable bonds is 4. The number of benzene rings is 1. The topological polar surface area (TPSA) is 34.4 Å². The van der Waals surface area contributed by atoms with E-state index >= 15 is 0 Å². The van der Waals surface area contributed by atoms with E-state index in [4.69, 9.17) is 9.15 Å². The molecule has 1 unspecified atom stereocenters. The molecule has 0 bridgehead atoms. The van der Waals surface area contributed by atoms with E-state index in [1.54, 1.807) is 0 Å². The van der Waals surface area contributed by atoms with Gasteiger partial charge in [-0.15, -0.1) is 0 Å². The number of hydrogen-bond donors (Lipinski definition) is 1. The molecule has 0 amide bonds. The van der Waals surface area contributed by atoms with Crippen molar-refractivity contribution in [1.29, 1.82) is 0 Å². The second-order valence-corrected chi connectivity index (χ2v) is 5.88. The number of fused-ring (bicyclic) bond motifs is 1. The molecule has 0 saturated heterocycles. The van der Waals surface area contributed by atoms with Crippen LogP contribution in [0.5, 0.6) is 5.75 Å². The second kappa shape index (κ2) is 4.67. The molecule has 1 aliphatic carbocycles. The van der Waals surface area contributed by atoms with Crippen molar-refractivity contribution in [1.82, 2.24) is 5.32 Å². The normalized spacial score (nSPS) is 20.8. The third-order valence-corrected chi connectivity index (χ3v) is 3.98. The number of ether oxygens (including phenoxy) is 1. The summed E-state index contributed by atoms with van der Waals surface area (Å²) in [5.41, 5.74) is 2.42. The standard InChI is InChI=1S/C17H19NO2/c1-11-8-13-9-12(2-6-17(13)19-11)16-7-5-15(20-16)10-18-14-3-4-14/h2,5-7,9,11,14,18H,3-4,8,10H2,1H3. The molecule has 20 heavy (non-hydrogen) atoms. The average Bonchev–Trinajstić information content (AvgIpc) is 3.01. The van der Waals surface area contributed by atoms with Gasteiger partial charge in [-0.2, -0.15) is 0 Å². The molecular weight excluding hydrogens is 250 g/mol. The fourth-order valence-corrected chi connectivity index (χ4v) is 2.74. The zero-order valence-electron chi connectivity index (χ0n) is 11.7. The first kappa shape index (κ1) is 12.0. The van der Waals surface area contributed by atoms with Crippen molar-refractivity contribution in [2.75, 3.05) is 0 Å². The lowest BCUT2D eigenvalue weighted by molar-refractivity contribution is 0.254. The lowest BCUT2D eigenvalue weighted by Crippen LogP contribution is -2.14. The van der Waals surface area contributed by atoms with Crippen LogP contribution in [-0.2, 0) is 13.0 Å². The van der Waals surface area contributed by atoms with Crippen LogP contribution in [0.4, 0.5) is 0 Å². The van der Waals surface area contributed by atoms with E-state index < -0.39 is 0 Å². The largest absolute Gasteiger partial charge is 0.490 e. The Morgan fingerprint density at radius 3 is 2.95 bits per heavy atom. The Labute approximate surface area is 118 Å². The molecule has 2 aliphatic rings. The summed E-state index contributed by atoms with van der Waals surface area (Å²) >= 11 is 0. The Hall–Kier alpha value is -1.74. The summed E-state index contributed by atoms with van der Waals surface area (Å²) in [7, 11) is 0. The average molecular weight is 269 g/mol. The van der Waals surface area contributed by atoms with Crippen LogP contribution >= 0.6 is 0 Å². The van der Waals surface area contributed by atoms with E-state index in [0.717, 1.165) is 35.8 Å². The molecule has 1 fully saturated rings. The smallest absolute Gasteiger partial charge is 0.134 e. The molecule has 1 N–H and O–H groups in total. The van der Waals surface area contributed by atoms with Gasteiger partial charge in [0.05, 0.1) is 6.54 Å². The summed E-state index contributed by atoms with van der Waals surface area (Å²) in [6.07, 6.45) is 3.88. The van der Waals surface area contributed by atoms with E-state index in [0.29, 0.717) is 6.04 Å². The van der Waals surface area contributed by atoms with Gasteiger partial charge in [0.1, 0.15) is 23.4 Å². The van der Waals surface area contributed by atoms with Crippen LogP contribution in [0.2, 0.25) is 0 Å². The fourth-order valence-electron chi connectivity index (χ4n) is 2.74. The van der Waals surface area contributed by atoms with Crippen molar-refractivity contribution in [3.8, 4) is 17.1 Å². The van der Waals surface area contributed by atoms with Crippen molar-refractivity contribution in [3.05, 3.63) is 41.7 Å². The molecule has 1 atom stereocenters. The molecule has 3 nitrogen and oxygen atoms in total. The van der Waals surface area contributed by atoms with Gasteiger partial charge in [-0.1, -0.05) is 0 Å². The Balaban J connectivity index is 1.53. The third-order valence-electron chi connectivity index (χ3n) is 3.98. The Morgan fingerprint density at radius 1 is 1.20 bits per heavy atom. The number of nitrogens with one attached hydrogen (secondary N) is 1. The minimum atomic E-state index is 0.287. The lowest BCUT2D eigenvalue weighted by Gasteiger charge is -2.03. The molecule has 0 spiro atoms. The summed E-state index contributed by atoms with van der Waals surface area (Å²) in [6, 6.07) is 11.2. The molecule has 2 aromatic rings. The lowest BCUT2D eigenvalue weighted by atomic mass is 10.1. The van der Waals surface area contributed by atoms with Crippen LogP contribution in [0.15, 0.2) is 34.7 Å². The minimum absolute atomic E-state index is 0.287. The maximum absolute atomic E-state index is 5.93. The first-order valence-corrected chi connectivity index (χ1v) is 7.40. The monoisotopic (exact) mass is 269 g/mol. The highest BCUT2D eigenvalue weighted by Gasteiger charge is 2.21. The van der Waals surface area contributed by atoms with E-state index in [2.05, 4.69) is 42.6 Å². The number of furan rings is 1. The molecule has 4 rings (SSSR count). The molecule has 1 saturated carbocycles. The van der Waals surface area contributed by atoms with Gasteiger partial charge in [0, 0.05) is 18.0 Å². The first-order chi connectivity index (χ1) is 9.78. The van der Waals surface area contributed by atoms with Crippen LogP contribution in [-0.4, -0.2) is 12.1 Å². The Kier molecular flexibility index (Phi) is 2.81. The predicted octanol–water partition coefficient (Wildman–Crippen LogP) is 3.52. The van der Waals surface area contributed by atoms with Gasteiger partial charge in [0.25, 0.3) is 0 Å². The van der Waals surface area contributed by atoms with Crippen molar-refractivity contribution in [2.45, 2.75) is 44.9 Å². The minimum Gasteiger partial charge on any atom is -0.490 e. The quantitative estimate of drug-likeness (QED) is 0.922. The molecule has 3 heteroatoms. The predicted molar refractivity (Wildman–Crippen MR) is 77.8 cm³/mol. The van der Waals surface area contributed by atoms with E-state index in [-0.39, 0.29) is 6.10 Å². The highest BCUT2D eigenvalue weighted by molar-refractivity contribution is 5.61. The van der Waals surface area contributed by atoms with Gasteiger partial charge in [-0.05, 0) is 55.7 Å². The van der Waals surface area contributed by atoms with Crippen LogP contribution in [0, 0.1) is 0 Å². The highest BCUT2D eigenvalue weighted by atomic mass is 16.5. The Morgan fingerprint density at radius 2 is 2.10 bits per heavy atom. The fraction of sp³-hybridized carbons (Fsp3) is 0.412. The molecular formula is C17H19NO2. The Bertz CT molecular complexity index is 628. The van der Waals surface area contributed by atoms with E-state index in [1.165, 1.54) is 18.4 Å². The summed E-state index contributed by atoms with van der Waals surface area (Å²) in [6.45, 7) is 2.93. The van der Waals surface area contributed by atoms with Crippen LogP contribution in [0.3, 0.4) is 0 Å². The van der Waals surface area contributed by atoms with Crippen molar-refractivity contribution in [2.24, 2.45) is 0 Å². The van der Waals surface area contributed by atoms with Crippen molar-refractivity contribution >= 4 is 0 Å². The van der Waals surface area contributed by atoms with Gasteiger partial charge < -0.3 is 14.5 Å². The summed E-state index contributed by atoms with van der Waals surface area (Å²) in [5.74, 6) is 2.97. The second-order valence-electron chi connectivity index (χ2n) is 5.88. The van der Waals surface area contributed by atoms with Crippen LogP contribution < -0.4 is 10.1 Å².